The second-order valence-corrected chi connectivity index (χ2v) is 7.39. The van der Waals surface area contributed by atoms with E-state index in [1.807, 2.05) is 40.7 Å². The van der Waals surface area contributed by atoms with Gasteiger partial charge in [-0.1, -0.05) is 0 Å². The first-order valence-corrected chi connectivity index (χ1v) is 8.83. The van der Waals surface area contributed by atoms with Crippen molar-refractivity contribution >= 4 is 10.0 Å². The van der Waals surface area contributed by atoms with E-state index >= 15 is 0 Å². The van der Waals surface area contributed by atoms with Crippen LogP contribution in [-0.4, -0.2) is 15.0 Å². The van der Waals surface area contributed by atoms with E-state index in [-0.39, 0.29) is 0 Å². The average Bonchev–Trinajstić information content (AvgIpc) is 2.96. The van der Waals surface area contributed by atoms with E-state index in [1.165, 1.54) is 0 Å². The molecule has 1 heterocycles. The molecule has 5 heteroatoms. The van der Waals surface area contributed by atoms with E-state index in [1.54, 1.807) is 12.3 Å². The topological polar surface area (TPSA) is 59.3 Å². The molecule has 0 aliphatic rings. The number of benzene rings is 1. The number of rotatable bonds is 5. The first kappa shape index (κ1) is 16.8. The molecule has 0 saturated heterocycles. The highest BCUT2D eigenvalue weighted by molar-refractivity contribution is 7.89. The Labute approximate surface area is 132 Å². The molecule has 0 atom stereocenters. The highest BCUT2D eigenvalue weighted by Gasteiger charge is 2.23. The molecule has 0 spiro atoms. The SMILES string of the molecule is Cc1c(C)c(C)c(S(=O)(=O)NCCc2ccco2)c(C)c1C. The standard InChI is InChI=1S/C17H23NO3S/c1-11-12(2)14(4)17(15(5)13(11)3)22(19,20)18-9-8-16-7-6-10-21-16/h6-7,10,18H,8-9H2,1-5H3. The summed E-state index contributed by atoms with van der Waals surface area (Å²) in [4.78, 5) is 0.410. The Balaban J connectivity index is 2.30. The monoisotopic (exact) mass is 321 g/mol. The molecule has 1 aromatic heterocycles. The van der Waals surface area contributed by atoms with Gasteiger partial charge in [0.05, 0.1) is 11.2 Å². The van der Waals surface area contributed by atoms with Crippen LogP contribution in [0.25, 0.3) is 0 Å². The van der Waals surface area contributed by atoms with E-state index in [2.05, 4.69) is 4.72 Å². The van der Waals surface area contributed by atoms with Gasteiger partial charge in [-0.25, -0.2) is 13.1 Å². The van der Waals surface area contributed by atoms with Crippen LogP contribution in [0.3, 0.4) is 0 Å². The van der Waals surface area contributed by atoms with Gasteiger partial charge in [0.2, 0.25) is 10.0 Å². The van der Waals surface area contributed by atoms with E-state index in [4.69, 9.17) is 4.42 Å². The van der Waals surface area contributed by atoms with E-state index in [9.17, 15) is 8.42 Å². The summed E-state index contributed by atoms with van der Waals surface area (Å²) in [5.74, 6) is 0.771. The van der Waals surface area contributed by atoms with Crippen molar-refractivity contribution in [1.82, 2.24) is 4.72 Å². The summed E-state index contributed by atoms with van der Waals surface area (Å²) >= 11 is 0. The quantitative estimate of drug-likeness (QED) is 0.919. The fourth-order valence-corrected chi connectivity index (χ4v) is 4.33. The molecular weight excluding hydrogens is 298 g/mol. The zero-order valence-corrected chi connectivity index (χ0v) is 14.6. The van der Waals surface area contributed by atoms with Crippen molar-refractivity contribution in [2.75, 3.05) is 6.54 Å². The van der Waals surface area contributed by atoms with Crippen LogP contribution in [0.4, 0.5) is 0 Å². The Bertz CT molecular complexity index is 746. The van der Waals surface area contributed by atoms with Crippen molar-refractivity contribution in [3.63, 3.8) is 0 Å². The lowest BCUT2D eigenvalue weighted by Crippen LogP contribution is -2.28. The maximum atomic E-state index is 12.7. The van der Waals surface area contributed by atoms with Gasteiger partial charge >= 0.3 is 0 Å². The second-order valence-electron chi connectivity index (χ2n) is 5.68. The van der Waals surface area contributed by atoms with Crippen LogP contribution in [0.2, 0.25) is 0 Å². The van der Waals surface area contributed by atoms with Gasteiger partial charge in [0.25, 0.3) is 0 Å². The summed E-state index contributed by atoms with van der Waals surface area (Å²) in [7, 11) is -3.53. The molecule has 1 aromatic carbocycles. The number of nitrogens with one attached hydrogen (secondary N) is 1. The maximum Gasteiger partial charge on any atom is 0.241 e. The van der Waals surface area contributed by atoms with Crippen LogP contribution in [0, 0.1) is 34.6 Å². The van der Waals surface area contributed by atoms with Gasteiger partial charge in [-0.15, -0.1) is 0 Å². The van der Waals surface area contributed by atoms with Gasteiger partial charge in [-0.05, 0) is 74.6 Å². The fourth-order valence-electron chi connectivity index (χ4n) is 2.70. The minimum atomic E-state index is -3.53. The van der Waals surface area contributed by atoms with Gasteiger partial charge in [0.15, 0.2) is 0 Å². The van der Waals surface area contributed by atoms with Crippen LogP contribution < -0.4 is 4.72 Å². The van der Waals surface area contributed by atoms with Crippen LogP contribution in [0.15, 0.2) is 27.7 Å². The molecule has 22 heavy (non-hydrogen) atoms. The molecule has 0 aliphatic carbocycles. The third kappa shape index (κ3) is 3.10. The van der Waals surface area contributed by atoms with Crippen LogP contribution in [-0.2, 0) is 16.4 Å². The minimum Gasteiger partial charge on any atom is -0.469 e. The lowest BCUT2D eigenvalue weighted by atomic mass is 9.95. The number of furan rings is 1. The first-order chi connectivity index (χ1) is 10.3. The molecule has 120 valence electrons. The van der Waals surface area contributed by atoms with Gasteiger partial charge in [0.1, 0.15) is 5.76 Å². The summed E-state index contributed by atoms with van der Waals surface area (Å²) in [6.45, 7) is 10.0. The molecule has 4 nitrogen and oxygen atoms in total. The Morgan fingerprint density at radius 3 is 2.00 bits per heavy atom. The number of hydrogen-bond donors (Lipinski definition) is 1. The largest absolute Gasteiger partial charge is 0.469 e. The fraction of sp³-hybridized carbons (Fsp3) is 0.412. The number of hydrogen-bond acceptors (Lipinski definition) is 3. The van der Waals surface area contributed by atoms with E-state index in [0.717, 1.165) is 33.6 Å². The van der Waals surface area contributed by atoms with Crippen molar-refractivity contribution in [3.8, 4) is 0 Å². The zero-order chi connectivity index (χ0) is 16.5. The van der Waals surface area contributed by atoms with Crippen molar-refractivity contribution < 1.29 is 12.8 Å². The molecule has 0 fully saturated rings. The Morgan fingerprint density at radius 1 is 0.955 bits per heavy atom. The highest BCUT2D eigenvalue weighted by atomic mass is 32.2. The predicted octanol–water partition coefficient (Wildman–Crippen LogP) is 3.34. The summed E-state index contributed by atoms with van der Waals surface area (Å²) in [6, 6.07) is 3.63. The predicted molar refractivity (Wildman–Crippen MR) is 87.7 cm³/mol. The lowest BCUT2D eigenvalue weighted by Gasteiger charge is -2.19. The molecule has 1 N–H and O–H groups in total. The Hall–Kier alpha value is -1.59. The molecule has 0 saturated carbocycles. The molecule has 0 aliphatic heterocycles. The minimum absolute atomic E-state index is 0.320. The maximum absolute atomic E-state index is 12.7. The smallest absolute Gasteiger partial charge is 0.241 e. The van der Waals surface area contributed by atoms with Crippen molar-refractivity contribution in [2.45, 2.75) is 45.9 Å². The van der Waals surface area contributed by atoms with Crippen molar-refractivity contribution in [2.24, 2.45) is 0 Å². The molecular formula is C17H23NO3S. The van der Waals surface area contributed by atoms with Gasteiger partial charge in [-0.3, -0.25) is 0 Å². The molecule has 0 unspecified atom stereocenters. The Kier molecular flexibility index (Phi) is 4.78. The third-order valence-electron chi connectivity index (χ3n) is 4.44. The van der Waals surface area contributed by atoms with Crippen LogP contribution in [0.5, 0.6) is 0 Å². The van der Waals surface area contributed by atoms with E-state index in [0.29, 0.717) is 17.9 Å². The summed E-state index contributed by atoms with van der Waals surface area (Å²) < 4.78 is 33.3. The highest BCUT2D eigenvalue weighted by Crippen LogP contribution is 2.29. The average molecular weight is 321 g/mol. The lowest BCUT2D eigenvalue weighted by molar-refractivity contribution is 0.505. The van der Waals surface area contributed by atoms with Crippen LogP contribution in [0.1, 0.15) is 33.6 Å². The number of sulfonamides is 1. The van der Waals surface area contributed by atoms with Crippen LogP contribution >= 0.6 is 0 Å². The third-order valence-corrected chi connectivity index (χ3v) is 6.18. The normalized spacial score (nSPS) is 11.9. The van der Waals surface area contributed by atoms with Crippen molar-refractivity contribution in [1.29, 1.82) is 0 Å². The summed E-state index contributed by atoms with van der Waals surface area (Å²) in [5.41, 5.74) is 4.88. The molecule has 2 aromatic rings. The second kappa shape index (κ2) is 6.26. The molecule has 0 bridgehead atoms. The van der Waals surface area contributed by atoms with E-state index < -0.39 is 10.0 Å². The molecule has 2 rings (SSSR count). The molecule has 0 radical (unpaired) electrons. The van der Waals surface area contributed by atoms with Gasteiger partial charge in [0, 0.05) is 13.0 Å². The van der Waals surface area contributed by atoms with Crippen molar-refractivity contribution in [3.05, 3.63) is 52.0 Å². The summed E-state index contributed by atoms with van der Waals surface area (Å²) in [5, 5.41) is 0. The van der Waals surface area contributed by atoms with Gasteiger partial charge < -0.3 is 4.42 Å². The Morgan fingerprint density at radius 2 is 1.50 bits per heavy atom. The van der Waals surface area contributed by atoms with Gasteiger partial charge in [-0.2, -0.15) is 0 Å². The zero-order valence-electron chi connectivity index (χ0n) is 13.8. The first-order valence-electron chi connectivity index (χ1n) is 7.34. The molecule has 0 amide bonds. The summed E-state index contributed by atoms with van der Waals surface area (Å²) in [6.07, 6.45) is 2.12.